The third-order valence-corrected chi connectivity index (χ3v) is 6.08. The Hall–Kier alpha value is -4.81. The van der Waals surface area contributed by atoms with Gasteiger partial charge in [-0.2, -0.15) is 22.0 Å². The first kappa shape index (κ1) is 34.7. The third kappa shape index (κ3) is 12.8. The molecule has 3 aromatic carbocycles. The average molecular weight is 637 g/mol. The quantitative estimate of drug-likeness (QED) is 0.0553. The molecular formula is C32H33F5N2O6. The van der Waals surface area contributed by atoms with Crippen molar-refractivity contribution >= 4 is 29.4 Å². The van der Waals surface area contributed by atoms with Gasteiger partial charge in [-0.3, -0.25) is 0 Å². The van der Waals surface area contributed by atoms with E-state index in [0.717, 1.165) is 18.2 Å². The number of hydrogen-bond donors (Lipinski definition) is 2. The Bertz CT molecular complexity index is 1410. The fourth-order valence-corrected chi connectivity index (χ4v) is 3.88. The van der Waals surface area contributed by atoms with Crippen molar-refractivity contribution < 1.29 is 50.5 Å². The molecule has 242 valence electrons. The monoisotopic (exact) mass is 636 g/mol. The molecule has 0 saturated heterocycles. The van der Waals surface area contributed by atoms with Gasteiger partial charge in [0.25, 0.3) is 0 Å². The number of esters is 2. The van der Waals surface area contributed by atoms with E-state index in [4.69, 9.17) is 30.4 Å². The van der Waals surface area contributed by atoms with Crippen LogP contribution in [0.15, 0.2) is 72.8 Å². The normalized spacial score (nSPS) is 11.8. The van der Waals surface area contributed by atoms with Crippen LogP contribution in [-0.4, -0.2) is 37.9 Å². The van der Waals surface area contributed by atoms with E-state index < -0.39 is 36.2 Å². The Labute approximate surface area is 256 Å². The number of alkyl halides is 5. The Morgan fingerprint density at radius 2 is 1.33 bits per heavy atom. The van der Waals surface area contributed by atoms with Gasteiger partial charge in [0.05, 0.1) is 30.9 Å². The van der Waals surface area contributed by atoms with E-state index in [9.17, 15) is 31.5 Å². The predicted molar refractivity (Wildman–Crippen MR) is 158 cm³/mol. The topological polar surface area (TPSA) is 123 Å². The minimum atomic E-state index is -4.18. The van der Waals surface area contributed by atoms with Crippen molar-refractivity contribution in [2.24, 2.45) is 0 Å². The molecule has 0 spiro atoms. The van der Waals surface area contributed by atoms with Crippen LogP contribution in [0.1, 0.15) is 53.6 Å². The summed E-state index contributed by atoms with van der Waals surface area (Å²) in [4.78, 5) is 24.0. The zero-order valence-corrected chi connectivity index (χ0v) is 24.2. The number of benzene rings is 3. The van der Waals surface area contributed by atoms with Gasteiger partial charge in [0.1, 0.15) is 11.5 Å². The smallest absolute Gasteiger partial charge is 0.426 e. The van der Waals surface area contributed by atoms with Crippen molar-refractivity contribution in [3.63, 3.8) is 0 Å². The van der Waals surface area contributed by atoms with E-state index in [0.29, 0.717) is 35.5 Å². The molecule has 0 fully saturated rings. The Morgan fingerprint density at radius 1 is 0.711 bits per heavy atom. The van der Waals surface area contributed by atoms with Crippen molar-refractivity contribution in [3.8, 4) is 11.5 Å². The lowest BCUT2D eigenvalue weighted by Gasteiger charge is -2.18. The molecule has 4 N–H and O–H groups in total. The Balaban J connectivity index is 1.36. The molecule has 0 aliphatic rings. The highest BCUT2D eigenvalue weighted by atomic mass is 19.4. The second-order valence-electron chi connectivity index (χ2n) is 9.87. The Morgan fingerprint density at radius 3 is 1.98 bits per heavy atom. The van der Waals surface area contributed by atoms with E-state index in [1.54, 1.807) is 0 Å². The minimum absolute atomic E-state index is 0.00412. The van der Waals surface area contributed by atoms with Crippen LogP contribution in [0.3, 0.4) is 0 Å². The molecule has 0 atom stereocenters. The van der Waals surface area contributed by atoms with Crippen molar-refractivity contribution in [3.05, 3.63) is 89.5 Å². The average Bonchev–Trinajstić information content (AvgIpc) is 2.97. The number of anilines is 2. The van der Waals surface area contributed by atoms with Crippen LogP contribution in [0.2, 0.25) is 0 Å². The van der Waals surface area contributed by atoms with Gasteiger partial charge in [0.15, 0.2) is 0 Å². The number of nitrogens with two attached hydrogens (primary N) is 2. The second kappa shape index (κ2) is 16.3. The first-order chi connectivity index (χ1) is 21.3. The van der Waals surface area contributed by atoms with Crippen molar-refractivity contribution in [2.45, 2.75) is 44.4 Å². The molecule has 13 heteroatoms. The van der Waals surface area contributed by atoms with E-state index >= 15 is 0 Å². The molecule has 0 aliphatic heterocycles. The van der Waals surface area contributed by atoms with Crippen molar-refractivity contribution in [1.82, 2.24) is 0 Å². The minimum Gasteiger partial charge on any atom is -0.494 e. The molecule has 3 rings (SSSR count). The molecule has 45 heavy (non-hydrogen) atoms. The highest BCUT2D eigenvalue weighted by molar-refractivity contribution is 5.91. The molecule has 0 saturated carbocycles. The summed E-state index contributed by atoms with van der Waals surface area (Å²) in [6.45, 7) is 0.170. The van der Waals surface area contributed by atoms with Gasteiger partial charge < -0.3 is 30.4 Å². The molecule has 0 aromatic heterocycles. The highest BCUT2D eigenvalue weighted by Crippen LogP contribution is 2.33. The maximum Gasteiger partial charge on any atom is 0.426 e. The van der Waals surface area contributed by atoms with Gasteiger partial charge in [-0.25, -0.2) is 9.59 Å². The lowest BCUT2D eigenvalue weighted by atomic mass is 10.2. The Kier molecular flexibility index (Phi) is 12.6. The van der Waals surface area contributed by atoms with Gasteiger partial charge in [-0.1, -0.05) is 12.1 Å². The van der Waals surface area contributed by atoms with Crippen LogP contribution in [0, 0.1) is 0 Å². The highest BCUT2D eigenvalue weighted by Gasteiger charge is 2.34. The standard InChI is InChI=1S/C32H33F5N2O6/c33-31(34,35)15-2-1-3-16-42-27-12-8-24(9-13-27)32(36,37)45-28-10-5-22(6-11-28)7-14-29(40)43-17-4-18-44-30(41)23-19-25(38)21-26(39)20-23/h5-14,19-21H,1-4,15-18,38-39H2. The molecule has 0 radical (unpaired) electrons. The largest absolute Gasteiger partial charge is 0.494 e. The number of rotatable bonds is 16. The van der Waals surface area contributed by atoms with Crippen LogP contribution < -0.4 is 20.9 Å². The number of nitrogen functional groups attached to an aromatic ring is 2. The molecule has 0 unspecified atom stereocenters. The van der Waals surface area contributed by atoms with Gasteiger partial charge >= 0.3 is 24.2 Å². The lowest BCUT2D eigenvalue weighted by molar-refractivity contribution is -0.185. The summed E-state index contributed by atoms with van der Waals surface area (Å²) in [6.07, 6.45) is -5.08. The van der Waals surface area contributed by atoms with E-state index in [1.807, 2.05) is 0 Å². The molecule has 3 aromatic rings. The summed E-state index contributed by atoms with van der Waals surface area (Å²) in [5.74, 6) is -1.06. The molecule has 0 bridgehead atoms. The fourth-order valence-electron chi connectivity index (χ4n) is 3.88. The van der Waals surface area contributed by atoms with Crippen LogP contribution >= 0.6 is 0 Å². The first-order valence-electron chi connectivity index (χ1n) is 14.0. The van der Waals surface area contributed by atoms with Gasteiger partial charge in [-0.05, 0) is 85.5 Å². The first-order valence-corrected chi connectivity index (χ1v) is 14.0. The van der Waals surface area contributed by atoms with E-state index in [-0.39, 0.29) is 44.0 Å². The molecule has 8 nitrogen and oxygen atoms in total. The van der Waals surface area contributed by atoms with E-state index in [1.165, 1.54) is 60.7 Å². The summed E-state index contributed by atoms with van der Waals surface area (Å²) in [7, 11) is 0. The maximum absolute atomic E-state index is 14.7. The number of carbonyl (C=O) groups is 2. The molecule has 0 aliphatic carbocycles. The van der Waals surface area contributed by atoms with Gasteiger partial charge in [0, 0.05) is 30.3 Å². The zero-order valence-electron chi connectivity index (χ0n) is 24.2. The van der Waals surface area contributed by atoms with E-state index in [2.05, 4.69) is 0 Å². The molecular weight excluding hydrogens is 603 g/mol. The van der Waals surface area contributed by atoms with Gasteiger partial charge in [0.2, 0.25) is 0 Å². The second-order valence-corrected chi connectivity index (χ2v) is 9.87. The van der Waals surface area contributed by atoms with Crippen LogP contribution in [0.4, 0.5) is 33.3 Å². The lowest BCUT2D eigenvalue weighted by Crippen LogP contribution is -2.21. The van der Waals surface area contributed by atoms with Crippen molar-refractivity contribution in [2.75, 3.05) is 31.3 Å². The number of ether oxygens (including phenoxy) is 4. The van der Waals surface area contributed by atoms with Gasteiger partial charge in [-0.15, -0.1) is 0 Å². The number of carbonyl (C=O) groups excluding carboxylic acids is 2. The predicted octanol–water partition coefficient (Wildman–Crippen LogP) is 7.28. The number of hydrogen-bond acceptors (Lipinski definition) is 8. The number of halogens is 5. The summed E-state index contributed by atoms with van der Waals surface area (Å²) in [6, 6.07) is 14.9. The van der Waals surface area contributed by atoms with Crippen molar-refractivity contribution in [1.29, 1.82) is 0 Å². The van der Waals surface area contributed by atoms with Crippen LogP contribution in [0.25, 0.3) is 6.08 Å². The SMILES string of the molecule is Nc1cc(N)cc(C(=O)OCCCOC(=O)C=Cc2ccc(OC(F)(F)c3ccc(OCCCCCC(F)(F)F)cc3)cc2)c1. The third-order valence-electron chi connectivity index (χ3n) is 6.08. The molecule has 0 amide bonds. The molecule has 0 heterocycles. The van der Waals surface area contributed by atoms with Crippen LogP contribution in [0.5, 0.6) is 11.5 Å². The summed E-state index contributed by atoms with van der Waals surface area (Å²) >= 11 is 0. The summed E-state index contributed by atoms with van der Waals surface area (Å²) < 4.78 is 86.3. The summed E-state index contributed by atoms with van der Waals surface area (Å²) in [5.41, 5.74) is 12.3. The number of unbranched alkanes of at least 4 members (excludes halogenated alkanes) is 2. The maximum atomic E-state index is 14.7. The van der Waals surface area contributed by atoms with Crippen LogP contribution in [-0.2, 0) is 20.4 Å². The fraction of sp³-hybridized carbons (Fsp3) is 0.312. The summed E-state index contributed by atoms with van der Waals surface area (Å²) in [5, 5.41) is 0. The zero-order chi connectivity index (χ0) is 32.9.